The number of anilines is 1. The molecule has 1 aromatic carbocycles. The van der Waals surface area contributed by atoms with Crippen LogP contribution in [-0.4, -0.2) is 13.6 Å². The Morgan fingerprint density at radius 3 is 2.69 bits per heavy atom. The lowest BCUT2D eigenvalue weighted by molar-refractivity contribution is 0.783. The van der Waals surface area contributed by atoms with Crippen LogP contribution in [0.3, 0.4) is 0 Å². The van der Waals surface area contributed by atoms with Gasteiger partial charge in [-0.15, -0.1) is 0 Å². The van der Waals surface area contributed by atoms with Gasteiger partial charge in [0, 0.05) is 24.1 Å². The smallest absolute Gasteiger partial charge is 0.0508 e. The van der Waals surface area contributed by atoms with E-state index in [1.807, 2.05) is 6.92 Å². The average Bonchev–Trinajstić information content (AvgIpc) is 3.01. The number of hydrogen-bond donors (Lipinski definition) is 1. The third-order valence-corrected chi connectivity index (χ3v) is 3.77. The van der Waals surface area contributed by atoms with Gasteiger partial charge in [-0.2, -0.15) is 0 Å². The summed E-state index contributed by atoms with van der Waals surface area (Å²) in [6, 6.07) is 6.50. The highest BCUT2D eigenvalue weighted by Crippen LogP contribution is 2.33. The highest BCUT2D eigenvalue weighted by atomic mass is 79.9. The van der Waals surface area contributed by atoms with Gasteiger partial charge >= 0.3 is 0 Å². The molecule has 2 nitrogen and oxygen atoms in total. The monoisotopic (exact) mass is 282 g/mol. The van der Waals surface area contributed by atoms with Crippen LogP contribution in [0.5, 0.6) is 0 Å². The normalized spacial score (nSPS) is 17.2. The number of benzene rings is 1. The van der Waals surface area contributed by atoms with Crippen LogP contribution in [0.15, 0.2) is 22.7 Å². The molecule has 0 heterocycles. The highest BCUT2D eigenvalue weighted by molar-refractivity contribution is 9.10. The lowest BCUT2D eigenvalue weighted by Gasteiger charge is -2.21. The third kappa shape index (κ3) is 2.77. The fraction of sp³-hybridized carbons (Fsp3) is 0.538. The third-order valence-electron chi connectivity index (χ3n) is 3.14. The molecule has 1 fully saturated rings. The Morgan fingerprint density at radius 2 is 2.19 bits per heavy atom. The van der Waals surface area contributed by atoms with Crippen molar-refractivity contribution in [2.45, 2.75) is 25.8 Å². The van der Waals surface area contributed by atoms with Crippen molar-refractivity contribution in [3.8, 4) is 0 Å². The van der Waals surface area contributed by atoms with E-state index in [1.54, 1.807) is 0 Å². The molecule has 1 saturated carbocycles. The average molecular weight is 283 g/mol. The van der Waals surface area contributed by atoms with E-state index >= 15 is 0 Å². The maximum absolute atomic E-state index is 5.87. The predicted octanol–water partition coefficient (Wildman–Crippen LogP) is 3.32. The van der Waals surface area contributed by atoms with E-state index in [1.165, 1.54) is 24.1 Å². The summed E-state index contributed by atoms with van der Waals surface area (Å²) in [6.07, 6.45) is 2.78. The van der Waals surface area contributed by atoms with Crippen molar-refractivity contribution < 1.29 is 0 Å². The van der Waals surface area contributed by atoms with Crippen molar-refractivity contribution in [1.29, 1.82) is 0 Å². The van der Waals surface area contributed by atoms with E-state index in [2.05, 4.69) is 46.1 Å². The molecule has 1 aliphatic carbocycles. The number of halogens is 1. The molecule has 0 amide bonds. The van der Waals surface area contributed by atoms with Crippen LogP contribution in [0.4, 0.5) is 5.69 Å². The quantitative estimate of drug-likeness (QED) is 0.918. The van der Waals surface area contributed by atoms with Crippen molar-refractivity contribution in [1.82, 2.24) is 0 Å². The molecule has 1 aromatic rings. The molecule has 0 spiro atoms. The van der Waals surface area contributed by atoms with Gasteiger partial charge in [0.1, 0.15) is 0 Å². The predicted molar refractivity (Wildman–Crippen MR) is 72.7 cm³/mol. The molecule has 0 unspecified atom stereocenters. The van der Waals surface area contributed by atoms with Gasteiger partial charge in [0.05, 0.1) is 5.69 Å². The molecule has 0 aromatic heterocycles. The summed E-state index contributed by atoms with van der Waals surface area (Å²) in [7, 11) is 2.16. The van der Waals surface area contributed by atoms with Crippen LogP contribution >= 0.6 is 15.9 Å². The van der Waals surface area contributed by atoms with Gasteiger partial charge in [-0.05, 0) is 59.3 Å². The molecule has 2 rings (SSSR count). The van der Waals surface area contributed by atoms with Crippen LogP contribution in [0, 0.1) is 5.92 Å². The van der Waals surface area contributed by atoms with E-state index in [-0.39, 0.29) is 6.04 Å². The number of nitrogens with zero attached hydrogens (tertiary/aromatic N) is 1. The SMILES string of the molecule is C[C@H](N)c1ccc(N(C)CC2CC2)c(Br)c1. The van der Waals surface area contributed by atoms with Gasteiger partial charge in [-0.1, -0.05) is 6.07 Å². The zero-order valence-corrected chi connectivity index (χ0v) is 11.5. The fourth-order valence-corrected chi connectivity index (χ4v) is 2.60. The molecule has 16 heavy (non-hydrogen) atoms. The lowest BCUT2D eigenvalue weighted by Crippen LogP contribution is -2.20. The summed E-state index contributed by atoms with van der Waals surface area (Å²) in [4.78, 5) is 2.33. The molecule has 3 heteroatoms. The maximum atomic E-state index is 5.87. The first kappa shape index (κ1) is 11.9. The standard InChI is InChI=1S/C13H19BrN2/c1-9(15)11-5-6-13(12(14)7-11)16(2)8-10-3-4-10/h5-7,9-10H,3-4,8,15H2,1-2H3/t9-/m0/s1. The summed E-state index contributed by atoms with van der Waals surface area (Å²) in [6.45, 7) is 3.17. The first-order valence-corrected chi connectivity index (χ1v) is 6.63. The van der Waals surface area contributed by atoms with Gasteiger partial charge in [0.25, 0.3) is 0 Å². The van der Waals surface area contributed by atoms with Crippen LogP contribution < -0.4 is 10.6 Å². The van der Waals surface area contributed by atoms with E-state index in [0.717, 1.165) is 16.9 Å². The Kier molecular flexibility index (Phi) is 3.55. The largest absolute Gasteiger partial charge is 0.373 e. The topological polar surface area (TPSA) is 29.3 Å². The molecule has 2 N–H and O–H groups in total. The highest BCUT2D eigenvalue weighted by Gasteiger charge is 2.23. The van der Waals surface area contributed by atoms with Crippen LogP contribution in [0.25, 0.3) is 0 Å². The van der Waals surface area contributed by atoms with E-state index in [9.17, 15) is 0 Å². The Hall–Kier alpha value is -0.540. The zero-order chi connectivity index (χ0) is 11.7. The fourth-order valence-electron chi connectivity index (χ4n) is 1.90. The molecule has 0 aliphatic heterocycles. The van der Waals surface area contributed by atoms with Gasteiger partial charge in [0.15, 0.2) is 0 Å². The summed E-state index contributed by atoms with van der Waals surface area (Å²) >= 11 is 3.63. The zero-order valence-electron chi connectivity index (χ0n) is 9.91. The van der Waals surface area contributed by atoms with E-state index in [0.29, 0.717) is 0 Å². The minimum absolute atomic E-state index is 0.0964. The van der Waals surface area contributed by atoms with Crippen LogP contribution in [0.2, 0.25) is 0 Å². The minimum Gasteiger partial charge on any atom is -0.373 e. The van der Waals surface area contributed by atoms with E-state index < -0.39 is 0 Å². The molecular formula is C13H19BrN2. The molecule has 1 aliphatic rings. The van der Waals surface area contributed by atoms with Crippen LogP contribution in [-0.2, 0) is 0 Å². The summed E-state index contributed by atoms with van der Waals surface area (Å²) in [5.74, 6) is 0.907. The number of nitrogens with two attached hydrogens (primary N) is 1. The Labute approximate surface area is 106 Å². The first-order chi connectivity index (χ1) is 7.58. The first-order valence-electron chi connectivity index (χ1n) is 5.84. The van der Waals surface area contributed by atoms with Gasteiger partial charge in [-0.3, -0.25) is 0 Å². The number of rotatable bonds is 4. The second kappa shape index (κ2) is 4.76. The summed E-state index contributed by atoms with van der Waals surface area (Å²) in [5, 5.41) is 0. The van der Waals surface area contributed by atoms with Gasteiger partial charge in [-0.25, -0.2) is 0 Å². The second-order valence-electron chi connectivity index (χ2n) is 4.82. The van der Waals surface area contributed by atoms with Gasteiger partial charge in [0.2, 0.25) is 0 Å². The van der Waals surface area contributed by atoms with Crippen molar-refractivity contribution in [3.05, 3.63) is 28.2 Å². The van der Waals surface area contributed by atoms with Crippen LogP contribution in [0.1, 0.15) is 31.4 Å². The van der Waals surface area contributed by atoms with Gasteiger partial charge < -0.3 is 10.6 Å². The Bertz CT molecular complexity index is 372. The lowest BCUT2D eigenvalue weighted by atomic mass is 10.1. The van der Waals surface area contributed by atoms with Crippen molar-refractivity contribution in [2.24, 2.45) is 11.7 Å². The minimum atomic E-state index is 0.0964. The second-order valence-corrected chi connectivity index (χ2v) is 5.68. The van der Waals surface area contributed by atoms with Crippen molar-refractivity contribution in [2.75, 3.05) is 18.5 Å². The number of hydrogen-bond acceptors (Lipinski definition) is 2. The molecule has 0 saturated heterocycles. The van der Waals surface area contributed by atoms with Crippen molar-refractivity contribution >= 4 is 21.6 Å². The molecule has 0 radical (unpaired) electrons. The molecule has 0 bridgehead atoms. The summed E-state index contributed by atoms with van der Waals surface area (Å²) in [5.41, 5.74) is 8.30. The summed E-state index contributed by atoms with van der Waals surface area (Å²) < 4.78 is 1.14. The van der Waals surface area contributed by atoms with Crippen molar-refractivity contribution in [3.63, 3.8) is 0 Å². The maximum Gasteiger partial charge on any atom is 0.0508 e. The Balaban J connectivity index is 2.14. The molecule has 1 atom stereocenters. The Morgan fingerprint density at radius 1 is 1.50 bits per heavy atom. The molecule has 88 valence electrons. The van der Waals surface area contributed by atoms with E-state index in [4.69, 9.17) is 5.73 Å². The molecular weight excluding hydrogens is 264 g/mol.